The van der Waals surface area contributed by atoms with Gasteiger partial charge in [0.2, 0.25) is 17.5 Å². The summed E-state index contributed by atoms with van der Waals surface area (Å²) in [5, 5.41) is 10.5. The van der Waals surface area contributed by atoms with Crippen LogP contribution in [0.1, 0.15) is 5.69 Å². The zero-order chi connectivity index (χ0) is 10.8. The van der Waals surface area contributed by atoms with Gasteiger partial charge in [-0.15, -0.1) is 11.3 Å². The average molecular weight is 221 g/mol. The highest BCUT2D eigenvalue weighted by atomic mass is 32.1. The Kier molecular flexibility index (Phi) is 2.31. The molecule has 0 aliphatic rings. The minimum atomic E-state index is 0.0305. The molecule has 0 radical (unpaired) electrons. The number of anilines is 1. The van der Waals surface area contributed by atoms with E-state index in [-0.39, 0.29) is 11.6 Å². The number of hydrogen-bond acceptors (Lipinski definition) is 6. The number of thiophene rings is 1. The molecule has 0 unspecified atom stereocenters. The van der Waals surface area contributed by atoms with Crippen molar-refractivity contribution in [3.8, 4) is 22.6 Å². The maximum Gasteiger partial charge on any atom is 0.243 e. The number of nitrogens with zero attached hydrogens (tertiary/aromatic N) is 2. The molecule has 0 saturated carbocycles. The highest BCUT2D eigenvalue weighted by molar-refractivity contribution is 7.13. The van der Waals surface area contributed by atoms with Crippen molar-refractivity contribution in [2.75, 3.05) is 12.8 Å². The van der Waals surface area contributed by atoms with Gasteiger partial charge in [-0.05, 0) is 11.4 Å². The van der Waals surface area contributed by atoms with Crippen LogP contribution in [-0.2, 0) is 0 Å². The Morgan fingerprint density at radius 2 is 2.47 bits per heavy atom. The largest absolute Gasteiger partial charge is 0.495 e. The number of oxazole rings is 1. The SMILES string of the molecule is COc1ccsc1-c1nc(C#N)c(N)o1. The number of methoxy groups -OCH3 is 1. The first-order valence-electron chi connectivity index (χ1n) is 4.04. The van der Waals surface area contributed by atoms with Crippen LogP contribution >= 0.6 is 11.3 Å². The summed E-state index contributed by atoms with van der Waals surface area (Å²) in [6.07, 6.45) is 0. The zero-order valence-electron chi connectivity index (χ0n) is 7.85. The minimum Gasteiger partial charge on any atom is -0.495 e. The summed E-state index contributed by atoms with van der Waals surface area (Å²) in [5.41, 5.74) is 5.56. The molecular formula is C9H7N3O2S. The molecule has 2 aromatic rings. The van der Waals surface area contributed by atoms with E-state index in [4.69, 9.17) is 20.1 Å². The Balaban J connectivity index is 2.51. The molecule has 2 N–H and O–H groups in total. The normalized spacial score (nSPS) is 9.87. The molecule has 6 heteroatoms. The Morgan fingerprint density at radius 1 is 1.67 bits per heavy atom. The monoisotopic (exact) mass is 221 g/mol. The summed E-state index contributed by atoms with van der Waals surface area (Å²) >= 11 is 1.41. The van der Waals surface area contributed by atoms with Crippen molar-refractivity contribution in [2.45, 2.75) is 0 Å². The first-order chi connectivity index (χ1) is 7.26. The molecule has 0 aromatic carbocycles. The number of nitriles is 1. The predicted molar refractivity (Wildman–Crippen MR) is 55.5 cm³/mol. The van der Waals surface area contributed by atoms with Crippen molar-refractivity contribution in [3.63, 3.8) is 0 Å². The van der Waals surface area contributed by atoms with Gasteiger partial charge in [0.25, 0.3) is 0 Å². The van der Waals surface area contributed by atoms with Crippen molar-refractivity contribution >= 4 is 17.2 Å². The highest BCUT2D eigenvalue weighted by Gasteiger charge is 2.16. The van der Waals surface area contributed by atoms with Gasteiger partial charge in [-0.3, -0.25) is 0 Å². The van der Waals surface area contributed by atoms with Gasteiger partial charge in [-0.1, -0.05) is 0 Å². The lowest BCUT2D eigenvalue weighted by Crippen LogP contribution is -1.84. The Labute approximate surface area is 89.7 Å². The third-order valence-electron chi connectivity index (χ3n) is 1.80. The smallest absolute Gasteiger partial charge is 0.243 e. The molecule has 0 amide bonds. The van der Waals surface area contributed by atoms with Crippen LogP contribution in [0.4, 0.5) is 5.88 Å². The van der Waals surface area contributed by atoms with Crippen LogP contribution in [0.2, 0.25) is 0 Å². The van der Waals surface area contributed by atoms with Gasteiger partial charge in [0.15, 0.2) is 0 Å². The van der Waals surface area contributed by atoms with Gasteiger partial charge in [0.1, 0.15) is 16.7 Å². The van der Waals surface area contributed by atoms with Gasteiger partial charge in [-0.25, -0.2) is 0 Å². The number of nitrogen functional groups attached to an aromatic ring is 1. The van der Waals surface area contributed by atoms with E-state index < -0.39 is 0 Å². The molecule has 0 atom stereocenters. The van der Waals surface area contributed by atoms with E-state index >= 15 is 0 Å². The third kappa shape index (κ3) is 1.53. The van der Waals surface area contributed by atoms with E-state index in [1.807, 2.05) is 11.4 Å². The Hall–Kier alpha value is -2.00. The number of hydrogen-bond donors (Lipinski definition) is 1. The molecule has 2 aromatic heterocycles. The molecule has 0 saturated heterocycles. The van der Waals surface area contributed by atoms with E-state index in [1.165, 1.54) is 11.3 Å². The summed E-state index contributed by atoms with van der Waals surface area (Å²) in [4.78, 5) is 4.68. The summed E-state index contributed by atoms with van der Waals surface area (Å²) in [5.74, 6) is 1.00. The third-order valence-corrected chi connectivity index (χ3v) is 2.69. The number of nitrogens with two attached hydrogens (primary N) is 1. The Bertz CT molecular complexity index is 524. The van der Waals surface area contributed by atoms with Crippen molar-refractivity contribution in [1.29, 1.82) is 5.26 Å². The standard InChI is InChI=1S/C9H7N3O2S/c1-13-6-2-3-15-7(6)9-12-5(4-10)8(11)14-9/h2-3H,11H2,1H3. The molecule has 0 aliphatic heterocycles. The number of aromatic nitrogens is 1. The van der Waals surface area contributed by atoms with Crippen LogP contribution in [0.15, 0.2) is 15.9 Å². The molecule has 5 nitrogen and oxygen atoms in total. The van der Waals surface area contributed by atoms with Crippen molar-refractivity contribution in [3.05, 3.63) is 17.1 Å². The van der Waals surface area contributed by atoms with Crippen LogP contribution < -0.4 is 10.5 Å². The highest BCUT2D eigenvalue weighted by Crippen LogP contribution is 2.35. The lowest BCUT2D eigenvalue weighted by atomic mass is 10.4. The summed E-state index contributed by atoms with van der Waals surface area (Å²) < 4.78 is 10.3. The summed E-state index contributed by atoms with van der Waals surface area (Å²) in [6, 6.07) is 3.65. The molecule has 15 heavy (non-hydrogen) atoms. The lowest BCUT2D eigenvalue weighted by molar-refractivity contribution is 0.416. The first kappa shape index (κ1) is 9.55. The van der Waals surface area contributed by atoms with Crippen LogP contribution in [0.25, 0.3) is 10.8 Å². The zero-order valence-corrected chi connectivity index (χ0v) is 8.67. The molecule has 76 valence electrons. The summed E-state index contributed by atoms with van der Waals surface area (Å²) in [6.45, 7) is 0. The van der Waals surface area contributed by atoms with Crippen molar-refractivity contribution in [1.82, 2.24) is 4.98 Å². The maximum absolute atomic E-state index is 8.68. The molecule has 0 spiro atoms. The van der Waals surface area contributed by atoms with Gasteiger partial charge < -0.3 is 14.9 Å². The molecule has 2 heterocycles. The fourth-order valence-electron chi connectivity index (χ4n) is 1.12. The lowest BCUT2D eigenvalue weighted by Gasteiger charge is -1.96. The Morgan fingerprint density at radius 3 is 3.07 bits per heavy atom. The van der Waals surface area contributed by atoms with Crippen LogP contribution in [0, 0.1) is 11.3 Å². The van der Waals surface area contributed by atoms with Crippen LogP contribution in [0.3, 0.4) is 0 Å². The minimum absolute atomic E-state index is 0.0305. The average Bonchev–Trinajstić information content (AvgIpc) is 2.82. The van der Waals surface area contributed by atoms with E-state index in [2.05, 4.69) is 4.98 Å². The van der Waals surface area contributed by atoms with Gasteiger partial charge in [0.05, 0.1) is 7.11 Å². The quantitative estimate of drug-likeness (QED) is 0.836. The number of rotatable bonds is 2. The van der Waals surface area contributed by atoms with E-state index in [9.17, 15) is 0 Å². The topological polar surface area (TPSA) is 85.1 Å². The molecule has 0 fully saturated rings. The van der Waals surface area contributed by atoms with Gasteiger partial charge in [-0.2, -0.15) is 10.2 Å². The maximum atomic E-state index is 8.68. The molecular weight excluding hydrogens is 214 g/mol. The predicted octanol–water partition coefficient (Wildman–Crippen LogP) is 1.87. The van der Waals surface area contributed by atoms with Crippen molar-refractivity contribution in [2.24, 2.45) is 0 Å². The second kappa shape index (κ2) is 3.63. The van der Waals surface area contributed by atoms with E-state index in [0.717, 1.165) is 4.88 Å². The second-order valence-electron chi connectivity index (χ2n) is 2.66. The molecule has 0 aliphatic carbocycles. The van der Waals surface area contributed by atoms with Gasteiger partial charge in [0, 0.05) is 0 Å². The first-order valence-corrected chi connectivity index (χ1v) is 4.92. The summed E-state index contributed by atoms with van der Waals surface area (Å²) in [7, 11) is 1.56. The van der Waals surface area contributed by atoms with Gasteiger partial charge >= 0.3 is 0 Å². The second-order valence-corrected chi connectivity index (χ2v) is 3.58. The molecule has 2 rings (SSSR count). The van der Waals surface area contributed by atoms with E-state index in [1.54, 1.807) is 13.2 Å². The van der Waals surface area contributed by atoms with E-state index in [0.29, 0.717) is 11.6 Å². The fourth-order valence-corrected chi connectivity index (χ4v) is 1.91. The van der Waals surface area contributed by atoms with Crippen LogP contribution in [0.5, 0.6) is 5.75 Å². The fraction of sp³-hybridized carbons (Fsp3) is 0.111. The number of ether oxygens (including phenoxy) is 1. The molecule has 0 bridgehead atoms. The van der Waals surface area contributed by atoms with Crippen molar-refractivity contribution < 1.29 is 9.15 Å². The van der Waals surface area contributed by atoms with Crippen LogP contribution in [-0.4, -0.2) is 12.1 Å².